The second kappa shape index (κ2) is 10.8. The first-order valence-corrected chi connectivity index (χ1v) is 5.51. The Morgan fingerprint density at radius 2 is 1.00 bits per heavy atom. The molecule has 0 unspecified atom stereocenters. The van der Waals surface area contributed by atoms with Crippen molar-refractivity contribution in [2.75, 3.05) is 37.5 Å². The second-order valence-corrected chi connectivity index (χ2v) is 2.56. The monoisotopic (exact) mass is 290 g/mol. The summed E-state index contributed by atoms with van der Waals surface area (Å²) in [4.78, 5) is 0. The fourth-order valence-electron chi connectivity index (χ4n) is 0.447. The average Bonchev–Trinajstić information content (AvgIpc) is 2.03. The van der Waals surface area contributed by atoms with Gasteiger partial charge in [-0.15, -0.1) is 0 Å². The molecule has 0 aromatic heterocycles. The van der Waals surface area contributed by atoms with E-state index in [1.54, 1.807) is 0 Å². The van der Waals surface area contributed by atoms with Crippen molar-refractivity contribution in [2.45, 2.75) is 0 Å². The summed E-state index contributed by atoms with van der Waals surface area (Å²) in [5.41, 5.74) is 1.13. The summed E-state index contributed by atoms with van der Waals surface area (Å²) in [6.07, 6.45) is 0. The van der Waals surface area contributed by atoms with Crippen molar-refractivity contribution < 1.29 is 14.2 Å². The zero-order valence-corrected chi connectivity index (χ0v) is 9.40. The Morgan fingerprint density at radius 3 is 1.36 bits per heavy atom. The fourth-order valence-corrected chi connectivity index (χ4v) is 0.905. The number of hydrogen-bond acceptors (Lipinski definition) is 3. The van der Waals surface area contributed by atoms with Gasteiger partial charge in [-0.05, 0) is 0 Å². The summed E-state index contributed by atoms with van der Waals surface area (Å²) >= 11 is 6.27. The molecule has 0 aromatic rings. The van der Waals surface area contributed by atoms with Crippen molar-refractivity contribution in [3.8, 4) is 0 Å². The third-order valence-electron chi connectivity index (χ3n) is 0.898. The Morgan fingerprint density at radius 1 is 0.636 bits per heavy atom. The molecule has 0 heterocycles. The molecule has 0 atom stereocenters. The maximum Gasteiger partial charge on any atom is 0.102 e. The second-order valence-electron chi connectivity index (χ2n) is 1.65. The van der Waals surface area contributed by atoms with E-state index in [2.05, 4.69) is 31.9 Å². The van der Waals surface area contributed by atoms with E-state index in [1.165, 1.54) is 0 Å². The highest BCUT2D eigenvalue weighted by Gasteiger charge is 1.88. The lowest BCUT2D eigenvalue weighted by molar-refractivity contribution is 0.0340. The van der Waals surface area contributed by atoms with Crippen LogP contribution in [0.25, 0.3) is 0 Å². The minimum absolute atomic E-state index is 0.564. The van der Waals surface area contributed by atoms with Crippen LogP contribution in [0.2, 0.25) is 0 Å². The Kier molecular flexibility index (Phi) is 11.7. The van der Waals surface area contributed by atoms with Crippen molar-refractivity contribution in [1.29, 1.82) is 0 Å². The maximum atomic E-state index is 5.15. The van der Waals surface area contributed by atoms with Crippen molar-refractivity contribution in [2.24, 2.45) is 0 Å². The molecular weight excluding hydrogens is 280 g/mol. The van der Waals surface area contributed by atoms with Crippen LogP contribution in [0.5, 0.6) is 0 Å². The van der Waals surface area contributed by atoms with Gasteiger partial charge < -0.3 is 14.2 Å². The first-order chi connectivity index (χ1) is 5.41. The Balaban J connectivity index is 2.69. The summed E-state index contributed by atoms with van der Waals surface area (Å²) < 4.78 is 15.1. The van der Waals surface area contributed by atoms with E-state index in [1.807, 2.05) is 0 Å². The molecular formula is C6H12Br2O3. The summed E-state index contributed by atoms with van der Waals surface area (Å²) in [5.74, 6) is 0. The molecule has 0 radical (unpaired) electrons. The van der Waals surface area contributed by atoms with E-state index in [4.69, 9.17) is 14.2 Å². The Bertz CT molecular complexity index is 64.8. The maximum absolute atomic E-state index is 5.15. The summed E-state index contributed by atoms with van der Waals surface area (Å²) in [6, 6.07) is 0. The largest absolute Gasteiger partial charge is 0.377 e. The lowest BCUT2D eigenvalue weighted by atomic mass is 10.7. The minimum Gasteiger partial charge on any atom is -0.377 e. The van der Waals surface area contributed by atoms with Crippen LogP contribution in [0.15, 0.2) is 0 Å². The predicted octanol–water partition coefficient (Wildman–Crippen LogP) is 1.74. The van der Waals surface area contributed by atoms with Crippen molar-refractivity contribution in [1.82, 2.24) is 0 Å². The molecule has 0 rings (SSSR count). The highest BCUT2D eigenvalue weighted by Crippen LogP contribution is 1.85. The summed E-state index contributed by atoms with van der Waals surface area (Å²) in [7, 11) is 0. The molecule has 11 heavy (non-hydrogen) atoms. The van der Waals surface area contributed by atoms with Gasteiger partial charge >= 0.3 is 0 Å². The molecule has 0 aliphatic rings. The lowest BCUT2D eigenvalue weighted by Gasteiger charge is -2.02. The first kappa shape index (κ1) is 11.8. The number of halogens is 2. The van der Waals surface area contributed by atoms with Gasteiger partial charge in [0.15, 0.2) is 0 Å². The van der Waals surface area contributed by atoms with Gasteiger partial charge in [0.1, 0.15) is 11.0 Å². The summed E-state index contributed by atoms with van der Waals surface area (Å²) in [6.45, 7) is 2.49. The molecule has 0 aromatic carbocycles. The lowest BCUT2D eigenvalue weighted by Crippen LogP contribution is -2.08. The number of alkyl halides is 2. The van der Waals surface area contributed by atoms with Gasteiger partial charge in [0, 0.05) is 0 Å². The van der Waals surface area contributed by atoms with E-state index in [9.17, 15) is 0 Å². The molecule has 0 amide bonds. The van der Waals surface area contributed by atoms with E-state index in [-0.39, 0.29) is 0 Å². The SMILES string of the molecule is BrCOCCOCCOCBr. The topological polar surface area (TPSA) is 27.7 Å². The molecule has 68 valence electrons. The van der Waals surface area contributed by atoms with Gasteiger partial charge in [-0.1, -0.05) is 31.9 Å². The van der Waals surface area contributed by atoms with Crippen molar-refractivity contribution in [3.63, 3.8) is 0 Å². The molecule has 0 saturated carbocycles. The average molecular weight is 292 g/mol. The number of rotatable bonds is 8. The molecule has 0 spiro atoms. The molecule has 0 bridgehead atoms. The van der Waals surface area contributed by atoms with Crippen LogP contribution in [0, 0.1) is 0 Å². The van der Waals surface area contributed by atoms with Crippen molar-refractivity contribution >= 4 is 31.9 Å². The number of hydrogen-bond donors (Lipinski definition) is 0. The van der Waals surface area contributed by atoms with Crippen LogP contribution in [0.4, 0.5) is 0 Å². The third-order valence-corrected chi connectivity index (χ3v) is 1.55. The highest BCUT2D eigenvalue weighted by atomic mass is 79.9. The van der Waals surface area contributed by atoms with Gasteiger partial charge in [0.25, 0.3) is 0 Å². The van der Waals surface area contributed by atoms with E-state index >= 15 is 0 Å². The van der Waals surface area contributed by atoms with Gasteiger partial charge in [-0.2, -0.15) is 0 Å². The van der Waals surface area contributed by atoms with Crippen LogP contribution < -0.4 is 0 Å². The smallest absolute Gasteiger partial charge is 0.102 e. The molecule has 0 fully saturated rings. The molecule has 3 nitrogen and oxygen atoms in total. The Labute approximate surface area is 83.6 Å². The quantitative estimate of drug-likeness (QED) is 0.504. The van der Waals surface area contributed by atoms with Crippen LogP contribution in [0.1, 0.15) is 0 Å². The fraction of sp³-hybridized carbons (Fsp3) is 1.00. The molecule has 0 N–H and O–H groups in total. The zero-order valence-electron chi connectivity index (χ0n) is 6.22. The highest BCUT2D eigenvalue weighted by molar-refractivity contribution is 9.09. The summed E-state index contributed by atoms with van der Waals surface area (Å²) in [5, 5.41) is 0. The van der Waals surface area contributed by atoms with Crippen molar-refractivity contribution in [3.05, 3.63) is 0 Å². The van der Waals surface area contributed by atoms with E-state index in [0.717, 1.165) is 0 Å². The van der Waals surface area contributed by atoms with Crippen LogP contribution in [-0.2, 0) is 14.2 Å². The predicted molar refractivity (Wildman–Crippen MR) is 50.3 cm³/mol. The molecule has 0 aliphatic heterocycles. The van der Waals surface area contributed by atoms with Gasteiger partial charge in [0.05, 0.1) is 26.4 Å². The number of ether oxygens (including phenoxy) is 3. The van der Waals surface area contributed by atoms with Crippen LogP contribution >= 0.6 is 31.9 Å². The first-order valence-electron chi connectivity index (χ1n) is 3.27. The van der Waals surface area contributed by atoms with Gasteiger partial charge in [-0.25, -0.2) is 0 Å². The minimum atomic E-state index is 0.564. The van der Waals surface area contributed by atoms with Gasteiger partial charge in [-0.3, -0.25) is 0 Å². The molecule has 0 aliphatic carbocycles. The van der Waals surface area contributed by atoms with Gasteiger partial charge in [0.2, 0.25) is 0 Å². The van der Waals surface area contributed by atoms with E-state index < -0.39 is 0 Å². The van der Waals surface area contributed by atoms with Crippen LogP contribution in [-0.4, -0.2) is 37.5 Å². The third kappa shape index (κ3) is 10.8. The standard InChI is InChI=1S/C6H12Br2O3/c7-5-10-3-1-9-2-4-11-6-8/h1-6H2. The molecule has 0 saturated heterocycles. The molecule has 5 heteroatoms. The normalized spacial score (nSPS) is 10.4. The Hall–Kier alpha value is 0.840. The zero-order chi connectivity index (χ0) is 8.36. The van der Waals surface area contributed by atoms with E-state index in [0.29, 0.717) is 37.5 Å². The van der Waals surface area contributed by atoms with Crippen LogP contribution in [0.3, 0.4) is 0 Å².